The summed E-state index contributed by atoms with van der Waals surface area (Å²) in [6.07, 6.45) is -1.60. The zero-order valence-electron chi connectivity index (χ0n) is 14.1. The Balaban J connectivity index is 1.96. The van der Waals surface area contributed by atoms with E-state index in [1.807, 2.05) is 0 Å². The fraction of sp³-hybridized carbons (Fsp3) is 0.438. The van der Waals surface area contributed by atoms with Crippen LogP contribution in [-0.2, 0) is 9.47 Å². The van der Waals surface area contributed by atoms with Gasteiger partial charge in [-0.1, -0.05) is 0 Å². The maximum absolute atomic E-state index is 11.8. The molecule has 0 amide bonds. The first-order valence-electron chi connectivity index (χ1n) is 7.99. The molecule has 26 heavy (non-hydrogen) atoms. The minimum atomic E-state index is -1.67. The van der Waals surface area contributed by atoms with Crippen molar-refractivity contribution in [2.45, 2.75) is 31.0 Å². The molecule has 0 aromatic carbocycles. The number of nitrogens with one attached hydrogen (secondary N) is 1. The number of rotatable bonds is 2. The fourth-order valence-corrected chi connectivity index (χ4v) is 3.36. The van der Waals surface area contributed by atoms with Crippen LogP contribution in [0.2, 0.25) is 0 Å². The molecule has 0 unspecified atom stereocenters. The highest BCUT2D eigenvalue weighted by molar-refractivity contribution is 6.09. The summed E-state index contributed by atoms with van der Waals surface area (Å²) in [7, 11) is 1.41. The highest BCUT2D eigenvalue weighted by Gasteiger charge is 2.53. The van der Waals surface area contributed by atoms with Crippen LogP contribution in [0.4, 0.5) is 11.6 Å². The second-order valence-corrected chi connectivity index (χ2v) is 6.45. The van der Waals surface area contributed by atoms with Gasteiger partial charge in [0.1, 0.15) is 23.6 Å². The molecule has 1 saturated heterocycles. The third kappa shape index (κ3) is 2.31. The lowest BCUT2D eigenvalue weighted by Gasteiger charge is -2.28. The maximum Gasteiger partial charge on any atom is 0.296 e. The molecule has 0 radical (unpaired) electrons. The number of nitrogens with zero attached hydrogens (tertiary/aromatic N) is 3. The first-order chi connectivity index (χ1) is 12.4. The number of hydrogen-bond acceptors (Lipinski definition) is 9. The van der Waals surface area contributed by atoms with Gasteiger partial charge in [-0.3, -0.25) is 10.1 Å². The largest absolute Gasteiger partial charge is 0.468 e. The third-order valence-corrected chi connectivity index (χ3v) is 4.71. The van der Waals surface area contributed by atoms with Gasteiger partial charge >= 0.3 is 0 Å². The number of aliphatic hydroxyl groups excluding tert-OH is 2. The first kappa shape index (κ1) is 16.9. The van der Waals surface area contributed by atoms with Gasteiger partial charge in [0.05, 0.1) is 19.1 Å². The van der Waals surface area contributed by atoms with Crippen LogP contribution in [0, 0.1) is 0 Å². The lowest BCUT2D eigenvalue weighted by atomic mass is 9.96. The van der Waals surface area contributed by atoms with Crippen LogP contribution in [0.15, 0.2) is 28.1 Å². The molecule has 138 valence electrons. The van der Waals surface area contributed by atoms with Crippen molar-refractivity contribution in [2.24, 2.45) is 4.99 Å². The molecule has 0 bridgehead atoms. The van der Waals surface area contributed by atoms with Crippen molar-refractivity contribution in [3.8, 4) is 0 Å². The van der Waals surface area contributed by atoms with Crippen molar-refractivity contribution < 1.29 is 24.8 Å². The second kappa shape index (κ2) is 5.74. The van der Waals surface area contributed by atoms with Crippen molar-refractivity contribution in [1.82, 2.24) is 9.55 Å². The smallest absolute Gasteiger partial charge is 0.296 e. The van der Waals surface area contributed by atoms with E-state index in [0.717, 1.165) is 0 Å². The summed E-state index contributed by atoms with van der Waals surface area (Å²) in [4.78, 5) is 20.1. The maximum atomic E-state index is 11.8. The highest BCUT2D eigenvalue weighted by Crippen LogP contribution is 2.44. The lowest BCUT2D eigenvalue weighted by Crippen LogP contribution is -2.44. The molecule has 4 rings (SSSR count). The minimum absolute atomic E-state index is 0.119. The van der Waals surface area contributed by atoms with Gasteiger partial charge in [-0.2, -0.15) is 9.98 Å². The Bertz CT molecular complexity index is 969. The number of anilines is 1. The SMILES string of the molecule is COC1=Nc2c3c(nc(=O)ccc3cn2[C@@H]2O[C@H](CO)[C@@H](O)[C@@]2(C)O)N1. The molecule has 4 N–H and O–H groups in total. The Morgan fingerprint density at radius 1 is 1.46 bits per heavy atom. The van der Waals surface area contributed by atoms with Gasteiger partial charge in [-0.25, -0.2) is 0 Å². The molecular formula is C16H18N4O6. The van der Waals surface area contributed by atoms with E-state index in [-0.39, 0.29) is 11.8 Å². The number of aliphatic imine (C=N–C) groups is 1. The number of hydrogen-bond donors (Lipinski definition) is 4. The standard InChI is InChI=1S/C16H18N4O6/c1-16(24)11(23)8(6-21)26-14(16)20-5-7-3-4-9(22)17-12-10(7)13(20)19-15(18-12)25-2/h3-5,8,11,14,21,23-24H,6H2,1-2H3,(H,17,18,19,22)/t8-,11-,14-,16-/m1/s1. The molecule has 4 atom stereocenters. The lowest BCUT2D eigenvalue weighted by molar-refractivity contribution is -0.0955. The molecule has 10 nitrogen and oxygen atoms in total. The Hall–Kier alpha value is -2.53. The second-order valence-electron chi connectivity index (χ2n) is 6.45. The van der Waals surface area contributed by atoms with Gasteiger partial charge in [0.25, 0.3) is 11.6 Å². The monoisotopic (exact) mass is 362 g/mol. The van der Waals surface area contributed by atoms with Gasteiger partial charge in [0.2, 0.25) is 0 Å². The summed E-state index contributed by atoms with van der Waals surface area (Å²) in [6.45, 7) is 0.978. The van der Waals surface area contributed by atoms with Crippen LogP contribution < -0.4 is 10.9 Å². The molecule has 2 aliphatic rings. The summed E-state index contributed by atoms with van der Waals surface area (Å²) in [6, 6.07) is 3.03. The predicted octanol–water partition coefficient (Wildman–Crippen LogP) is -0.543. The summed E-state index contributed by atoms with van der Waals surface area (Å²) < 4.78 is 12.4. The zero-order valence-corrected chi connectivity index (χ0v) is 14.1. The molecular weight excluding hydrogens is 344 g/mol. The molecule has 0 aliphatic carbocycles. The van der Waals surface area contributed by atoms with E-state index >= 15 is 0 Å². The van der Waals surface area contributed by atoms with Crippen molar-refractivity contribution in [3.05, 3.63) is 28.7 Å². The van der Waals surface area contributed by atoms with Crippen molar-refractivity contribution >= 4 is 28.4 Å². The molecule has 10 heteroatoms. The fourth-order valence-electron chi connectivity index (χ4n) is 3.36. The highest BCUT2D eigenvalue weighted by atomic mass is 16.6. The number of aromatic nitrogens is 2. The molecule has 2 aromatic rings. The molecule has 2 aromatic heterocycles. The Labute approximate surface area is 147 Å². The van der Waals surface area contributed by atoms with Crippen molar-refractivity contribution in [3.63, 3.8) is 0 Å². The Morgan fingerprint density at radius 2 is 2.23 bits per heavy atom. The van der Waals surface area contributed by atoms with E-state index in [0.29, 0.717) is 16.6 Å². The van der Waals surface area contributed by atoms with Gasteiger partial charge in [0.15, 0.2) is 12.0 Å². The average molecular weight is 362 g/mol. The Morgan fingerprint density at radius 3 is 2.88 bits per heavy atom. The quantitative estimate of drug-likeness (QED) is 0.559. The van der Waals surface area contributed by atoms with Gasteiger partial charge in [-0.15, -0.1) is 0 Å². The van der Waals surface area contributed by atoms with Crippen LogP contribution in [0.3, 0.4) is 0 Å². The van der Waals surface area contributed by atoms with E-state index in [1.165, 1.54) is 20.1 Å². The normalized spacial score (nSPS) is 30.2. The molecule has 4 heterocycles. The molecule has 1 fully saturated rings. The third-order valence-electron chi connectivity index (χ3n) is 4.71. The van der Waals surface area contributed by atoms with E-state index in [9.17, 15) is 20.1 Å². The number of ether oxygens (including phenoxy) is 2. The molecule has 0 saturated carbocycles. The van der Waals surface area contributed by atoms with E-state index in [4.69, 9.17) is 9.47 Å². The summed E-state index contributed by atoms with van der Waals surface area (Å²) in [5.41, 5.74) is -2.11. The van der Waals surface area contributed by atoms with Crippen LogP contribution in [-0.4, -0.2) is 62.4 Å². The van der Waals surface area contributed by atoms with Gasteiger partial charge in [0, 0.05) is 17.6 Å². The number of amidine groups is 1. The number of aliphatic hydroxyl groups is 3. The van der Waals surface area contributed by atoms with Gasteiger partial charge < -0.3 is 29.4 Å². The first-order valence-corrected chi connectivity index (χ1v) is 7.99. The topological polar surface area (TPSA) is 138 Å². The van der Waals surface area contributed by atoms with Crippen LogP contribution >= 0.6 is 0 Å². The van der Waals surface area contributed by atoms with Crippen LogP contribution in [0.1, 0.15) is 13.2 Å². The van der Waals surface area contributed by atoms with E-state index in [1.54, 1.807) is 16.8 Å². The Kier molecular flexibility index (Phi) is 3.74. The molecule has 0 spiro atoms. The zero-order chi connectivity index (χ0) is 18.6. The van der Waals surface area contributed by atoms with Crippen molar-refractivity contribution in [2.75, 3.05) is 19.0 Å². The summed E-state index contributed by atoms with van der Waals surface area (Å²) in [5, 5.41) is 34.4. The van der Waals surface area contributed by atoms with Crippen LogP contribution in [0.25, 0.3) is 10.8 Å². The van der Waals surface area contributed by atoms with Gasteiger partial charge in [-0.05, 0) is 13.0 Å². The van der Waals surface area contributed by atoms with Crippen molar-refractivity contribution in [1.29, 1.82) is 0 Å². The van der Waals surface area contributed by atoms with E-state index < -0.39 is 36.2 Å². The average Bonchev–Trinajstić information content (AvgIpc) is 3.01. The summed E-state index contributed by atoms with van der Waals surface area (Å²) in [5.74, 6) is 0.622. The van der Waals surface area contributed by atoms with Crippen LogP contribution in [0.5, 0.6) is 0 Å². The molecule has 2 aliphatic heterocycles. The predicted molar refractivity (Wildman–Crippen MR) is 91.4 cm³/mol. The van der Waals surface area contributed by atoms with E-state index in [2.05, 4.69) is 15.3 Å². The minimum Gasteiger partial charge on any atom is -0.468 e. The number of methoxy groups -OCH3 is 1. The summed E-state index contributed by atoms with van der Waals surface area (Å²) >= 11 is 0.